The molecule has 0 radical (unpaired) electrons. The minimum Gasteiger partial charge on any atom is -0.490 e. The lowest BCUT2D eigenvalue weighted by atomic mass is 9.95. The van der Waals surface area contributed by atoms with Gasteiger partial charge >= 0.3 is 5.97 Å². The number of rotatable bonds is 11. The molecule has 232 valence electrons. The topological polar surface area (TPSA) is 79.1 Å². The standard InChI is InChI=1S/C36H35IN2O5S/c1-6-9-27-18-25(19-29(42-7-2)33(27)44-21-24-12-16-28(37)17-13-24)20-30-34(40)39-32(26-14-10-22(4)11-15-26)31(35(41)43-8-3)23(5)38-36(39)45-30/h6,10-20,32H,1,7-9,21H2,2-5H3/b30-20+/t32-/m0/s1. The van der Waals surface area contributed by atoms with Crippen LogP contribution in [0, 0.1) is 10.5 Å². The van der Waals surface area contributed by atoms with Gasteiger partial charge in [0.25, 0.3) is 5.56 Å². The van der Waals surface area contributed by atoms with E-state index >= 15 is 0 Å². The van der Waals surface area contributed by atoms with Crippen LogP contribution in [0.4, 0.5) is 0 Å². The van der Waals surface area contributed by atoms with E-state index in [1.54, 1.807) is 18.4 Å². The van der Waals surface area contributed by atoms with Crippen LogP contribution in [-0.2, 0) is 22.6 Å². The molecular formula is C36H35IN2O5S. The van der Waals surface area contributed by atoms with Gasteiger partial charge in [0.1, 0.15) is 6.61 Å². The molecule has 1 aromatic heterocycles. The Balaban J connectivity index is 1.62. The van der Waals surface area contributed by atoms with Gasteiger partial charge in [0, 0.05) is 9.13 Å². The molecule has 0 spiro atoms. The maximum atomic E-state index is 14.1. The summed E-state index contributed by atoms with van der Waals surface area (Å²) in [6.07, 6.45) is 4.22. The Morgan fingerprint density at radius 1 is 1.04 bits per heavy atom. The lowest BCUT2D eigenvalue weighted by molar-refractivity contribution is -0.139. The molecule has 7 nitrogen and oxygen atoms in total. The first-order valence-corrected chi connectivity index (χ1v) is 16.7. The lowest BCUT2D eigenvalue weighted by Gasteiger charge is -2.24. The number of aryl methyl sites for hydroxylation is 1. The van der Waals surface area contributed by atoms with Crippen molar-refractivity contribution in [2.45, 2.75) is 46.8 Å². The van der Waals surface area contributed by atoms with E-state index in [0.29, 0.717) is 51.7 Å². The van der Waals surface area contributed by atoms with Crippen molar-refractivity contribution in [3.63, 3.8) is 0 Å². The number of carbonyl (C=O) groups is 1. The van der Waals surface area contributed by atoms with Crippen LogP contribution in [0.5, 0.6) is 11.5 Å². The van der Waals surface area contributed by atoms with E-state index in [2.05, 4.69) is 29.2 Å². The Kier molecular flexibility index (Phi) is 10.4. The average molecular weight is 735 g/mol. The number of aromatic nitrogens is 1. The fourth-order valence-corrected chi connectivity index (χ4v) is 6.65. The van der Waals surface area contributed by atoms with Crippen molar-refractivity contribution in [1.82, 2.24) is 4.57 Å². The highest BCUT2D eigenvalue weighted by Gasteiger charge is 2.33. The van der Waals surface area contributed by atoms with Crippen LogP contribution in [0.1, 0.15) is 54.6 Å². The third kappa shape index (κ3) is 7.15. The van der Waals surface area contributed by atoms with Gasteiger partial charge in [-0.15, -0.1) is 6.58 Å². The molecule has 4 aromatic rings. The summed E-state index contributed by atoms with van der Waals surface area (Å²) in [7, 11) is 0. The van der Waals surface area contributed by atoms with Gasteiger partial charge < -0.3 is 14.2 Å². The number of fused-ring (bicyclic) bond motifs is 1. The minimum absolute atomic E-state index is 0.223. The Labute approximate surface area is 280 Å². The van der Waals surface area contributed by atoms with Crippen LogP contribution in [0.15, 0.2) is 94.4 Å². The number of hydrogen-bond donors (Lipinski definition) is 0. The van der Waals surface area contributed by atoms with Gasteiger partial charge in [-0.3, -0.25) is 9.36 Å². The normalized spacial score (nSPS) is 14.5. The van der Waals surface area contributed by atoms with E-state index in [-0.39, 0.29) is 12.2 Å². The van der Waals surface area contributed by atoms with Crippen molar-refractivity contribution >= 4 is 46.0 Å². The molecule has 1 aliphatic heterocycles. The Hall–Kier alpha value is -3.96. The van der Waals surface area contributed by atoms with E-state index in [1.165, 1.54) is 11.3 Å². The van der Waals surface area contributed by atoms with Crippen molar-refractivity contribution in [2.24, 2.45) is 4.99 Å². The third-order valence-electron chi connectivity index (χ3n) is 7.32. The lowest BCUT2D eigenvalue weighted by Crippen LogP contribution is -2.39. The molecule has 1 atom stereocenters. The number of ether oxygens (including phenoxy) is 3. The molecule has 0 saturated heterocycles. The molecule has 0 bridgehead atoms. The highest BCUT2D eigenvalue weighted by molar-refractivity contribution is 14.1. The maximum Gasteiger partial charge on any atom is 0.338 e. The average Bonchev–Trinajstić information content (AvgIpc) is 3.31. The van der Waals surface area contributed by atoms with Crippen molar-refractivity contribution in [3.05, 3.63) is 136 Å². The second kappa shape index (κ2) is 14.4. The van der Waals surface area contributed by atoms with E-state index in [4.69, 9.17) is 19.2 Å². The number of nitrogens with zero attached hydrogens (tertiary/aromatic N) is 2. The first kappa shape index (κ1) is 32.4. The van der Waals surface area contributed by atoms with Crippen LogP contribution in [-0.4, -0.2) is 23.8 Å². The Morgan fingerprint density at radius 3 is 2.44 bits per heavy atom. The molecule has 2 heterocycles. The summed E-state index contributed by atoms with van der Waals surface area (Å²) in [5.41, 5.74) is 5.29. The summed E-state index contributed by atoms with van der Waals surface area (Å²) in [5.74, 6) is 0.775. The summed E-state index contributed by atoms with van der Waals surface area (Å²) in [5, 5.41) is 0. The zero-order valence-corrected chi connectivity index (χ0v) is 28.7. The highest BCUT2D eigenvalue weighted by atomic mass is 127. The van der Waals surface area contributed by atoms with Crippen LogP contribution < -0.4 is 24.4 Å². The van der Waals surface area contributed by atoms with E-state index < -0.39 is 12.0 Å². The van der Waals surface area contributed by atoms with Gasteiger partial charge in [0.05, 0.1) is 35.1 Å². The smallest absolute Gasteiger partial charge is 0.338 e. The number of benzene rings is 3. The summed E-state index contributed by atoms with van der Waals surface area (Å²) in [6, 6.07) is 19.3. The van der Waals surface area contributed by atoms with Crippen molar-refractivity contribution in [3.8, 4) is 11.5 Å². The second-order valence-electron chi connectivity index (χ2n) is 10.6. The zero-order valence-electron chi connectivity index (χ0n) is 25.8. The first-order valence-electron chi connectivity index (χ1n) is 14.8. The summed E-state index contributed by atoms with van der Waals surface area (Å²) in [4.78, 5) is 32.5. The van der Waals surface area contributed by atoms with E-state index in [1.807, 2.05) is 86.7 Å². The zero-order chi connectivity index (χ0) is 32.1. The number of thiazole rings is 1. The van der Waals surface area contributed by atoms with Gasteiger partial charge in [-0.2, -0.15) is 0 Å². The monoisotopic (exact) mass is 734 g/mol. The van der Waals surface area contributed by atoms with E-state index in [9.17, 15) is 9.59 Å². The van der Waals surface area contributed by atoms with Gasteiger partial charge in [-0.25, -0.2) is 9.79 Å². The molecule has 0 N–H and O–H groups in total. The largest absolute Gasteiger partial charge is 0.490 e. The quantitative estimate of drug-likeness (QED) is 0.101. The van der Waals surface area contributed by atoms with Crippen molar-refractivity contribution < 1.29 is 19.0 Å². The molecule has 0 fully saturated rings. The van der Waals surface area contributed by atoms with Crippen LogP contribution in [0.3, 0.4) is 0 Å². The SMILES string of the molecule is C=CCc1cc(/C=c2/sc3n(c2=O)[C@@H](c2ccc(C)cc2)C(C(=O)OCC)=C(C)N=3)cc(OCC)c1OCc1ccc(I)cc1. The molecule has 1 aliphatic rings. The van der Waals surface area contributed by atoms with Crippen LogP contribution in [0.25, 0.3) is 6.08 Å². The van der Waals surface area contributed by atoms with Crippen LogP contribution in [0.2, 0.25) is 0 Å². The number of hydrogen-bond acceptors (Lipinski definition) is 7. The maximum absolute atomic E-state index is 14.1. The number of allylic oxidation sites excluding steroid dienone is 2. The third-order valence-corrected chi connectivity index (χ3v) is 9.02. The summed E-state index contributed by atoms with van der Waals surface area (Å²) in [6.45, 7) is 12.5. The van der Waals surface area contributed by atoms with Crippen molar-refractivity contribution in [2.75, 3.05) is 13.2 Å². The summed E-state index contributed by atoms with van der Waals surface area (Å²) >= 11 is 3.57. The summed E-state index contributed by atoms with van der Waals surface area (Å²) < 4.78 is 21.0. The van der Waals surface area contributed by atoms with Gasteiger partial charge in [-0.05, 0) is 104 Å². The first-order chi connectivity index (χ1) is 21.7. The molecule has 0 saturated carbocycles. The highest BCUT2D eigenvalue weighted by Crippen LogP contribution is 2.35. The molecule has 0 unspecified atom stereocenters. The Bertz CT molecular complexity index is 1940. The molecular weight excluding hydrogens is 699 g/mol. The van der Waals surface area contributed by atoms with Crippen molar-refractivity contribution in [1.29, 1.82) is 0 Å². The molecule has 0 amide bonds. The number of esters is 1. The predicted molar refractivity (Wildman–Crippen MR) is 187 cm³/mol. The Morgan fingerprint density at radius 2 is 1.78 bits per heavy atom. The predicted octanol–water partition coefficient (Wildman–Crippen LogP) is 6.42. The fourth-order valence-electron chi connectivity index (χ4n) is 5.24. The van der Waals surface area contributed by atoms with Crippen LogP contribution >= 0.6 is 33.9 Å². The molecule has 5 rings (SSSR count). The van der Waals surface area contributed by atoms with Gasteiger partial charge in [0.2, 0.25) is 0 Å². The van der Waals surface area contributed by atoms with Gasteiger partial charge in [-0.1, -0.05) is 59.4 Å². The number of carbonyl (C=O) groups excluding carboxylic acids is 1. The number of halogens is 1. The minimum atomic E-state index is -0.657. The molecule has 45 heavy (non-hydrogen) atoms. The van der Waals surface area contributed by atoms with Gasteiger partial charge in [0.15, 0.2) is 16.3 Å². The molecule has 0 aliphatic carbocycles. The molecule has 9 heteroatoms. The fraction of sp³-hybridized carbons (Fsp3) is 0.250. The molecule has 3 aromatic carbocycles. The second-order valence-corrected chi connectivity index (χ2v) is 12.8. The van der Waals surface area contributed by atoms with E-state index in [0.717, 1.165) is 31.4 Å².